The number of fused-ring (bicyclic) bond motifs is 2. The van der Waals surface area contributed by atoms with Gasteiger partial charge in [0.25, 0.3) is 0 Å². The van der Waals surface area contributed by atoms with Crippen LogP contribution in [-0.2, 0) is 12.8 Å². The molecular formula is C27H29ClN6. The van der Waals surface area contributed by atoms with E-state index in [9.17, 15) is 0 Å². The lowest BCUT2D eigenvalue weighted by Gasteiger charge is -2.40. The summed E-state index contributed by atoms with van der Waals surface area (Å²) in [5.41, 5.74) is 7.78. The largest absolute Gasteiger partial charge is 0.355 e. The summed E-state index contributed by atoms with van der Waals surface area (Å²) in [7, 11) is 0. The molecule has 0 aromatic carbocycles. The normalized spacial score (nSPS) is 17.1. The van der Waals surface area contributed by atoms with Gasteiger partial charge in [-0.3, -0.25) is 9.97 Å². The Labute approximate surface area is 205 Å². The standard InChI is InChI=1S/C27H29ClN6/c1-17(2)24-23(28)20(6-11-30-24)25-18(3)32-26(22-7-12-31-34(22)25)33-13-8-27(9-14-33)15-19-5-4-10-29-21(19)16-27/h4-7,10-12,17H,8-9,13-16H2,1-3H3. The molecular weight excluding hydrogens is 444 g/mol. The lowest BCUT2D eigenvalue weighted by atomic mass is 9.76. The Balaban J connectivity index is 1.34. The Bertz CT molecular complexity index is 1360. The third-order valence-electron chi connectivity index (χ3n) is 7.63. The van der Waals surface area contributed by atoms with Crippen LogP contribution >= 0.6 is 11.6 Å². The molecule has 34 heavy (non-hydrogen) atoms. The van der Waals surface area contributed by atoms with Gasteiger partial charge >= 0.3 is 0 Å². The van der Waals surface area contributed by atoms with Crippen molar-refractivity contribution in [3.63, 3.8) is 0 Å². The van der Waals surface area contributed by atoms with Crippen molar-refractivity contribution < 1.29 is 0 Å². The van der Waals surface area contributed by atoms with Crippen LogP contribution in [0.3, 0.4) is 0 Å². The summed E-state index contributed by atoms with van der Waals surface area (Å²) in [5.74, 6) is 1.25. The van der Waals surface area contributed by atoms with Gasteiger partial charge in [0.2, 0.25) is 0 Å². The summed E-state index contributed by atoms with van der Waals surface area (Å²) in [6.07, 6.45) is 10.2. The number of halogens is 1. The molecule has 1 fully saturated rings. The molecule has 5 heterocycles. The highest BCUT2D eigenvalue weighted by molar-refractivity contribution is 6.34. The second kappa shape index (κ2) is 8.05. The molecule has 1 aliphatic carbocycles. The number of hydrogen-bond acceptors (Lipinski definition) is 5. The number of nitrogens with zero attached hydrogens (tertiary/aromatic N) is 6. The zero-order chi connectivity index (χ0) is 23.4. The van der Waals surface area contributed by atoms with Crippen LogP contribution < -0.4 is 4.90 Å². The first-order chi connectivity index (χ1) is 16.5. The highest BCUT2D eigenvalue weighted by Gasteiger charge is 2.41. The van der Waals surface area contributed by atoms with E-state index in [1.807, 2.05) is 29.2 Å². The average Bonchev–Trinajstić information content (AvgIpc) is 3.44. The zero-order valence-corrected chi connectivity index (χ0v) is 20.7. The van der Waals surface area contributed by atoms with Gasteiger partial charge in [-0.15, -0.1) is 0 Å². The quantitative estimate of drug-likeness (QED) is 0.385. The molecule has 0 atom stereocenters. The smallest absolute Gasteiger partial charge is 0.155 e. The molecule has 6 rings (SSSR count). The van der Waals surface area contributed by atoms with Gasteiger partial charge in [-0.1, -0.05) is 31.5 Å². The molecule has 0 unspecified atom stereocenters. The van der Waals surface area contributed by atoms with Crippen molar-refractivity contribution in [2.24, 2.45) is 5.41 Å². The van der Waals surface area contributed by atoms with E-state index in [4.69, 9.17) is 16.6 Å². The van der Waals surface area contributed by atoms with E-state index in [-0.39, 0.29) is 5.92 Å². The van der Waals surface area contributed by atoms with E-state index < -0.39 is 0 Å². The molecule has 1 spiro atoms. The minimum atomic E-state index is 0.241. The third kappa shape index (κ3) is 3.38. The van der Waals surface area contributed by atoms with Gasteiger partial charge in [0, 0.05) is 36.7 Å². The van der Waals surface area contributed by atoms with Crippen molar-refractivity contribution in [1.29, 1.82) is 0 Å². The molecule has 1 aliphatic heterocycles. The van der Waals surface area contributed by atoms with Gasteiger partial charge in [0.05, 0.1) is 28.3 Å². The molecule has 0 radical (unpaired) electrons. The first-order valence-corrected chi connectivity index (χ1v) is 12.5. The molecule has 1 saturated heterocycles. The monoisotopic (exact) mass is 472 g/mol. The topological polar surface area (TPSA) is 59.2 Å². The van der Waals surface area contributed by atoms with Crippen LogP contribution in [0, 0.1) is 12.3 Å². The van der Waals surface area contributed by atoms with E-state index in [2.05, 4.69) is 58.9 Å². The molecule has 0 bridgehead atoms. The Kier molecular flexibility index (Phi) is 5.10. The first kappa shape index (κ1) is 21.5. The summed E-state index contributed by atoms with van der Waals surface area (Å²) in [5, 5.41) is 5.37. The minimum Gasteiger partial charge on any atom is -0.355 e. The molecule has 2 aliphatic rings. The maximum Gasteiger partial charge on any atom is 0.155 e. The fourth-order valence-electron chi connectivity index (χ4n) is 5.82. The van der Waals surface area contributed by atoms with Gasteiger partial charge in [-0.2, -0.15) is 5.10 Å². The van der Waals surface area contributed by atoms with E-state index in [1.165, 1.54) is 11.3 Å². The van der Waals surface area contributed by atoms with Gasteiger partial charge in [0.15, 0.2) is 5.82 Å². The van der Waals surface area contributed by atoms with Crippen LogP contribution in [0.2, 0.25) is 5.02 Å². The van der Waals surface area contributed by atoms with Gasteiger partial charge < -0.3 is 4.90 Å². The fourth-order valence-corrected chi connectivity index (χ4v) is 6.24. The van der Waals surface area contributed by atoms with Crippen LogP contribution in [0.25, 0.3) is 16.8 Å². The van der Waals surface area contributed by atoms with Crippen molar-refractivity contribution in [3.8, 4) is 11.3 Å². The number of hydrogen-bond donors (Lipinski definition) is 0. The summed E-state index contributed by atoms with van der Waals surface area (Å²) in [6.45, 7) is 8.26. The summed E-state index contributed by atoms with van der Waals surface area (Å²) in [6, 6.07) is 8.34. The average molecular weight is 473 g/mol. The zero-order valence-electron chi connectivity index (χ0n) is 19.9. The van der Waals surface area contributed by atoms with E-state index >= 15 is 0 Å². The van der Waals surface area contributed by atoms with Crippen molar-refractivity contribution >= 4 is 22.9 Å². The van der Waals surface area contributed by atoms with Crippen molar-refractivity contribution in [3.05, 3.63) is 70.5 Å². The summed E-state index contributed by atoms with van der Waals surface area (Å²) >= 11 is 6.83. The molecule has 0 amide bonds. The Morgan fingerprint density at radius 2 is 1.82 bits per heavy atom. The molecule has 4 aromatic heterocycles. The number of rotatable bonds is 3. The van der Waals surface area contributed by atoms with Gasteiger partial charge in [0.1, 0.15) is 5.52 Å². The fraction of sp³-hybridized carbons (Fsp3) is 0.407. The molecule has 0 saturated carbocycles. The Morgan fingerprint density at radius 3 is 2.59 bits per heavy atom. The molecule has 4 aromatic rings. The number of aryl methyl sites for hydroxylation is 1. The van der Waals surface area contributed by atoms with Crippen LogP contribution in [0.5, 0.6) is 0 Å². The number of aromatic nitrogens is 5. The van der Waals surface area contributed by atoms with Crippen LogP contribution in [0.4, 0.5) is 5.82 Å². The second-order valence-corrected chi connectivity index (χ2v) is 10.5. The summed E-state index contributed by atoms with van der Waals surface area (Å²) < 4.78 is 2.00. The third-order valence-corrected chi connectivity index (χ3v) is 8.03. The van der Waals surface area contributed by atoms with Crippen molar-refractivity contribution in [2.75, 3.05) is 18.0 Å². The van der Waals surface area contributed by atoms with Crippen LogP contribution in [-0.4, -0.2) is 37.7 Å². The first-order valence-electron chi connectivity index (χ1n) is 12.1. The van der Waals surface area contributed by atoms with Crippen molar-refractivity contribution in [1.82, 2.24) is 24.6 Å². The van der Waals surface area contributed by atoms with Crippen LogP contribution in [0.15, 0.2) is 42.9 Å². The van der Waals surface area contributed by atoms with Crippen molar-refractivity contribution in [2.45, 2.75) is 52.4 Å². The predicted octanol–water partition coefficient (Wildman–Crippen LogP) is 5.66. The van der Waals surface area contributed by atoms with Crippen LogP contribution in [0.1, 0.15) is 55.3 Å². The SMILES string of the molecule is Cc1nc(N2CCC3(CC2)Cc2cccnc2C3)c2ccnn2c1-c1ccnc(C(C)C)c1Cl. The van der Waals surface area contributed by atoms with E-state index in [0.29, 0.717) is 10.4 Å². The maximum absolute atomic E-state index is 6.83. The lowest BCUT2D eigenvalue weighted by molar-refractivity contribution is 0.231. The Morgan fingerprint density at radius 1 is 1.00 bits per heavy atom. The van der Waals surface area contributed by atoms with Gasteiger partial charge in [-0.25, -0.2) is 9.50 Å². The predicted molar refractivity (Wildman–Crippen MR) is 136 cm³/mol. The highest BCUT2D eigenvalue weighted by Crippen LogP contribution is 2.45. The van der Waals surface area contributed by atoms with Gasteiger partial charge in [-0.05, 0) is 67.7 Å². The molecule has 6 nitrogen and oxygen atoms in total. The molecule has 174 valence electrons. The number of piperidine rings is 1. The summed E-state index contributed by atoms with van der Waals surface area (Å²) in [4.78, 5) is 16.7. The molecule has 7 heteroatoms. The van der Waals surface area contributed by atoms with E-state index in [0.717, 1.165) is 72.8 Å². The Hall–Kier alpha value is -2.99. The minimum absolute atomic E-state index is 0.241. The van der Waals surface area contributed by atoms with E-state index in [1.54, 1.807) is 0 Å². The number of anilines is 1. The highest BCUT2D eigenvalue weighted by atomic mass is 35.5. The molecule has 0 N–H and O–H groups in total. The lowest BCUT2D eigenvalue weighted by Crippen LogP contribution is -2.41. The maximum atomic E-state index is 6.83. The second-order valence-electron chi connectivity index (χ2n) is 10.2. The number of pyridine rings is 2.